The van der Waals surface area contributed by atoms with E-state index >= 15 is 0 Å². The Balaban J connectivity index is 2.41. The van der Waals surface area contributed by atoms with Gasteiger partial charge in [0.25, 0.3) is 0 Å². The molecule has 1 atom stereocenters. The monoisotopic (exact) mass is 219 g/mol. The zero-order valence-corrected chi connectivity index (χ0v) is 9.31. The first-order valence-electron chi connectivity index (χ1n) is 5.09. The number of nitrogens with zero attached hydrogens (tertiary/aromatic N) is 2. The summed E-state index contributed by atoms with van der Waals surface area (Å²) < 4.78 is 15.5. The second-order valence-corrected chi connectivity index (χ2v) is 3.87. The second kappa shape index (κ2) is 4.06. The molecule has 0 aliphatic heterocycles. The summed E-state index contributed by atoms with van der Waals surface area (Å²) in [6.45, 7) is 1.73. The van der Waals surface area contributed by atoms with E-state index in [0.29, 0.717) is 16.8 Å². The lowest BCUT2D eigenvalue weighted by Crippen LogP contribution is -2.15. The Morgan fingerprint density at radius 3 is 2.75 bits per heavy atom. The van der Waals surface area contributed by atoms with Gasteiger partial charge in [0, 0.05) is 18.8 Å². The molecule has 2 N–H and O–H groups in total. The number of benzene rings is 1. The highest BCUT2D eigenvalue weighted by molar-refractivity contribution is 5.31. The summed E-state index contributed by atoms with van der Waals surface area (Å²) in [7, 11) is 1.81. The van der Waals surface area contributed by atoms with E-state index in [9.17, 15) is 4.39 Å². The molecule has 2 aromatic rings. The highest BCUT2D eigenvalue weighted by Gasteiger charge is 2.16. The first kappa shape index (κ1) is 10.8. The lowest BCUT2D eigenvalue weighted by molar-refractivity contribution is 0.586. The van der Waals surface area contributed by atoms with Crippen molar-refractivity contribution in [2.45, 2.75) is 13.0 Å². The molecule has 3 nitrogen and oxygen atoms in total. The minimum atomic E-state index is -0.513. The van der Waals surface area contributed by atoms with Crippen molar-refractivity contribution >= 4 is 0 Å². The van der Waals surface area contributed by atoms with Crippen LogP contribution in [0.4, 0.5) is 4.39 Å². The van der Waals surface area contributed by atoms with E-state index in [0.717, 1.165) is 0 Å². The van der Waals surface area contributed by atoms with Gasteiger partial charge < -0.3 is 5.73 Å². The normalized spacial score (nSPS) is 12.8. The summed E-state index contributed by atoms with van der Waals surface area (Å²) in [6.07, 6.45) is 1.79. The van der Waals surface area contributed by atoms with Crippen LogP contribution in [0.2, 0.25) is 0 Å². The van der Waals surface area contributed by atoms with Crippen LogP contribution in [0.3, 0.4) is 0 Å². The van der Waals surface area contributed by atoms with Crippen LogP contribution in [-0.4, -0.2) is 9.78 Å². The maximum atomic E-state index is 13.8. The average Bonchev–Trinajstić information content (AvgIpc) is 2.68. The highest BCUT2D eigenvalue weighted by Crippen LogP contribution is 2.22. The number of rotatable bonds is 2. The maximum Gasteiger partial charge on any atom is 0.131 e. The Bertz CT molecular complexity index is 505. The molecule has 16 heavy (non-hydrogen) atoms. The quantitative estimate of drug-likeness (QED) is 0.838. The Morgan fingerprint density at radius 2 is 2.12 bits per heavy atom. The van der Waals surface area contributed by atoms with Gasteiger partial charge in [-0.3, -0.25) is 4.68 Å². The molecule has 84 valence electrons. The van der Waals surface area contributed by atoms with Gasteiger partial charge in [-0.25, -0.2) is 4.39 Å². The van der Waals surface area contributed by atoms with Crippen LogP contribution < -0.4 is 5.73 Å². The van der Waals surface area contributed by atoms with Crippen LogP contribution in [0.1, 0.15) is 22.9 Å². The lowest BCUT2D eigenvalue weighted by Gasteiger charge is -2.11. The fourth-order valence-corrected chi connectivity index (χ4v) is 1.67. The van der Waals surface area contributed by atoms with Crippen molar-refractivity contribution in [2.75, 3.05) is 0 Å². The van der Waals surface area contributed by atoms with Gasteiger partial charge in [0.15, 0.2) is 0 Å². The minimum absolute atomic E-state index is 0.249. The molecule has 2 rings (SSSR count). The summed E-state index contributed by atoms with van der Waals surface area (Å²) in [5.41, 5.74) is 7.74. The van der Waals surface area contributed by atoms with Crippen LogP contribution in [0.15, 0.2) is 30.5 Å². The third-order valence-corrected chi connectivity index (χ3v) is 2.61. The number of hydrogen-bond acceptors (Lipinski definition) is 2. The molecular formula is C12H14FN3. The second-order valence-electron chi connectivity index (χ2n) is 3.87. The van der Waals surface area contributed by atoms with Crippen LogP contribution >= 0.6 is 0 Å². The van der Waals surface area contributed by atoms with Gasteiger partial charge in [-0.15, -0.1) is 0 Å². The summed E-state index contributed by atoms with van der Waals surface area (Å²) in [5.74, 6) is -0.249. The molecule has 1 heterocycles. The van der Waals surface area contributed by atoms with Crippen molar-refractivity contribution in [3.63, 3.8) is 0 Å². The van der Waals surface area contributed by atoms with Crippen molar-refractivity contribution in [3.8, 4) is 0 Å². The van der Waals surface area contributed by atoms with Crippen LogP contribution in [0.5, 0.6) is 0 Å². The molecule has 4 heteroatoms. The fraction of sp³-hybridized carbons (Fsp3) is 0.250. The zero-order valence-electron chi connectivity index (χ0n) is 9.31. The Labute approximate surface area is 93.7 Å². The van der Waals surface area contributed by atoms with Crippen molar-refractivity contribution in [1.82, 2.24) is 9.78 Å². The molecule has 0 fully saturated rings. The highest BCUT2D eigenvalue weighted by atomic mass is 19.1. The molecule has 0 bridgehead atoms. The van der Waals surface area contributed by atoms with Crippen LogP contribution in [0.25, 0.3) is 0 Å². The first-order valence-corrected chi connectivity index (χ1v) is 5.09. The largest absolute Gasteiger partial charge is 0.319 e. The predicted molar refractivity (Wildman–Crippen MR) is 60.4 cm³/mol. The molecule has 1 aromatic carbocycles. The lowest BCUT2D eigenvalue weighted by atomic mass is 10.0. The molecule has 0 aliphatic carbocycles. The minimum Gasteiger partial charge on any atom is -0.319 e. The molecule has 0 aliphatic rings. The predicted octanol–water partition coefficient (Wildman–Crippen LogP) is 1.92. The number of nitrogens with two attached hydrogens (primary N) is 1. The molecule has 0 radical (unpaired) electrons. The van der Waals surface area contributed by atoms with Crippen molar-refractivity contribution < 1.29 is 4.39 Å². The number of hydrogen-bond donors (Lipinski definition) is 1. The van der Waals surface area contributed by atoms with Gasteiger partial charge in [-0.05, 0) is 18.6 Å². The van der Waals surface area contributed by atoms with Crippen LogP contribution in [-0.2, 0) is 7.05 Å². The van der Waals surface area contributed by atoms with Crippen LogP contribution in [0, 0.1) is 12.7 Å². The van der Waals surface area contributed by atoms with Gasteiger partial charge in [-0.1, -0.05) is 18.2 Å². The van der Waals surface area contributed by atoms with Gasteiger partial charge in [0.2, 0.25) is 0 Å². The fourth-order valence-electron chi connectivity index (χ4n) is 1.67. The third kappa shape index (κ3) is 1.84. The number of aromatic nitrogens is 2. The third-order valence-electron chi connectivity index (χ3n) is 2.61. The SMILES string of the molecule is Cc1cccc(C(N)c2ccn(C)n2)c1F. The molecule has 1 unspecified atom stereocenters. The van der Waals surface area contributed by atoms with Crippen molar-refractivity contribution in [2.24, 2.45) is 12.8 Å². The van der Waals surface area contributed by atoms with Gasteiger partial charge >= 0.3 is 0 Å². The van der Waals surface area contributed by atoms with Gasteiger partial charge in [-0.2, -0.15) is 5.10 Å². The smallest absolute Gasteiger partial charge is 0.131 e. The topological polar surface area (TPSA) is 43.8 Å². The summed E-state index contributed by atoms with van der Waals surface area (Å²) in [5, 5.41) is 4.18. The van der Waals surface area contributed by atoms with E-state index in [2.05, 4.69) is 5.10 Å². The summed E-state index contributed by atoms with van der Waals surface area (Å²) >= 11 is 0. The first-order chi connectivity index (χ1) is 7.59. The van der Waals surface area contributed by atoms with Crippen molar-refractivity contribution in [1.29, 1.82) is 0 Å². The van der Waals surface area contributed by atoms with Gasteiger partial charge in [0.1, 0.15) is 5.82 Å². The standard InChI is InChI=1S/C12H14FN3/c1-8-4-3-5-9(11(8)13)12(14)10-6-7-16(2)15-10/h3-7,12H,14H2,1-2H3. The zero-order chi connectivity index (χ0) is 11.7. The molecule has 0 saturated carbocycles. The number of halogens is 1. The maximum absolute atomic E-state index is 13.8. The Morgan fingerprint density at radius 1 is 1.38 bits per heavy atom. The van der Waals surface area contributed by atoms with E-state index in [1.54, 1.807) is 42.1 Å². The molecule has 0 saturated heterocycles. The van der Waals surface area contributed by atoms with Crippen molar-refractivity contribution in [3.05, 3.63) is 53.1 Å². The number of aryl methyl sites for hydroxylation is 2. The molecular weight excluding hydrogens is 205 g/mol. The van der Waals surface area contributed by atoms with Gasteiger partial charge in [0.05, 0.1) is 11.7 Å². The van der Waals surface area contributed by atoms with E-state index in [4.69, 9.17) is 5.73 Å². The van der Waals surface area contributed by atoms with E-state index in [-0.39, 0.29) is 5.82 Å². The Kier molecular flexibility index (Phi) is 2.75. The molecule has 1 aromatic heterocycles. The van der Waals surface area contributed by atoms with E-state index < -0.39 is 6.04 Å². The summed E-state index contributed by atoms with van der Waals surface area (Å²) in [6, 6.07) is 6.51. The molecule has 0 amide bonds. The van der Waals surface area contributed by atoms with E-state index in [1.807, 2.05) is 7.05 Å². The summed E-state index contributed by atoms with van der Waals surface area (Å²) in [4.78, 5) is 0. The van der Waals surface area contributed by atoms with E-state index in [1.165, 1.54) is 0 Å². The average molecular weight is 219 g/mol. The Hall–Kier alpha value is -1.68. The molecule has 0 spiro atoms.